The number of carbonyl (C=O) groups excluding carboxylic acids is 1. The van der Waals surface area contributed by atoms with E-state index in [0.29, 0.717) is 6.29 Å². The summed E-state index contributed by atoms with van der Waals surface area (Å²) in [5.41, 5.74) is -0.620. The van der Waals surface area contributed by atoms with Crippen LogP contribution in [0.5, 0.6) is 5.75 Å². The molecule has 14 heavy (non-hydrogen) atoms. The summed E-state index contributed by atoms with van der Waals surface area (Å²) in [5.74, 6) is 0.242. The van der Waals surface area contributed by atoms with E-state index in [4.69, 9.17) is 4.74 Å². The first-order valence-corrected chi connectivity index (χ1v) is 4.65. The summed E-state index contributed by atoms with van der Waals surface area (Å²) in [4.78, 5) is 14.0. The molecule has 0 aromatic carbocycles. The molecule has 76 valence electrons. The summed E-state index contributed by atoms with van der Waals surface area (Å²) < 4.78 is 30.1. The monoisotopic (exact) mass is 313 g/mol. The Labute approximate surface area is 92.6 Å². The number of ether oxygens (including phenoxy) is 1. The van der Waals surface area contributed by atoms with Gasteiger partial charge >= 0.3 is 0 Å². The fraction of sp³-hybridized carbons (Fsp3) is 0.250. The molecule has 0 fully saturated rings. The lowest BCUT2D eigenvalue weighted by molar-refractivity contribution is 0.110. The van der Waals surface area contributed by atoms with Gasteiger partial charge in [0.05, 0.1) is 22.4 Å². The number of carbonyl (C=O) groups is 1. The quantitative estimate of drug-likeness (QED) is 0.635. The summed E-state index contributed by atoms with van der Waals surface area (Å²) in [5, 5.41) is 0. The van der Waals surface area contributed by atoms with Gasteiger partial charge in [0.15, 0.2) is 12.0 Å². The van der Waals surface area contributed by atoms with E-state index in [0.717, 1.165) is 0 Å². The molecule has 0 atom stereocenters. The average molecular weight is 313 g/mol. The largest absolute Gasteiger partial charge is 0.494 e. The van der Waals surface area contributed by atoms with Crippen molar-refractivity contribution >= 4 is 28.9 Å². The van der Waals surface area contributed by atoms with Crippen LogP contribution in [0.1, 0.15) is 22.5 Å². The standard InChI is InChI=1S/C8H6F2INO2/c1-14-5-2-12-4(3-13)6(7(5)11)8(9)10/h2-3,8H,1H3. The number of rotatable bonds is 3. The third kappa shape index (κ3) is 1.99. The van der Waals surface area contributed by atoms with Crippen molar-refractivity contribution in [3.05, 3.63) is 21.0 Å². The van der Waals surface area contributed by atoms with Crippen LogP contribution in [0.2, 0.25) is 0 Å². The van der Waals surface area contributed by atoms with Crippen LogP contribution < -0.4 is 4.74 Å². The van der Waals surface area contributed by atoms with Crippen molar-refractivity contribution in [3.63, 3.8) is 0 Å². The van der Waals surface area contributed by atoms with E-state index in [-0.39, 0.29) is 20.6 Å². The summed E-state index contributed by atoms with van der Waals surface area (Å²) in [6, 6.07) is 0. The lowest BCUT2D eigenvalue weighted by Gasteiger charge is -2.09. The lowest BCUT2D eigenvalue weighted by Crippen LogP contribution is -2.02. The highest BCUT2D eigenvalue weighted by Gasteiger charge is 2.20. The first kappa shape index (κ1) is 11.3. The van der Waals surface area contributed by atoms with Gasteiger partial charge in [0, 0.05) is 0 Å². The molecule has 0 spiro atoms. The molecule has 0 amide bonds. The van der Waals surface area contributed by atoms with E-state index in [1.165, 1.54) is 13.3 Å². The number of hydrogen-bond acceptors (Lipinski definition) is 3. The highest BCUT2D eigenvalue weighted by Crippen LogP contribution is 2.31. The van der Waals surface area contributed by atoms with Gasteiger partial charge in [-0.05, 0) is 22.6 Å². The molecule has 0 radical (unpaired) electrons. The van der Waals surface area contributed by atoms with Crippen molar-refractivity contribution in [2.45, 2.75) is 6.43 Å². The Morgan fingerprint density at radius 3 is 2.71 bits per heavy atom. The molecular weight excluding hydrogens is 307 g/mol. The second-order valence-electron chi connectivity index (χ2n) is 2.36. The van der Waals surface area contributed by atoms with Crippen LogP contribution in [0.3, 0.4) is 0 Å². The topological polar surface area (TPSA) is 39.2 Å². The molecule has 0 saturated carbocycles. The van der Waals surface area contributed by atoms with E-state index in [1.807, 2.05) is 0 Å². The first-order chi connectivity index (χ1) is 6.61. The first-order valence-electron chi connectivity index (χ1n) is 3.57. The number of aldehydes is 1. The molecule has 1 aromatic heterocycles. The van der Waals surface area contributed by atoms with E-state index in [2.05, 4.69) is 4.98 Å². The van der Waals surface area contributed by atoms with Gasteiger partial charge in [-0.3, -0.25) is 4.79 Å². The molecule has 6 heteroatoms. The zero-order chi connectivity index (χ0) is 10.7. The molecule has 1 rings (SSSR count). The average Bonchev–Trinajstić information content (AvgIpc) is 2.16. The molecule has 0 aliphatic rings. The van der Waals surface area contributed by atoms with Crippen LogP contribution in [0, 0.1) is 3.57 Å². The fourth-order valence-corrected chi connectivity index (χ4v) is 1.81. The van der Waals surface area contributed by atoms with Crippen molar-refractivity contribution < 1.29 is 18.3 Å². The molecule has 0 aliphatic carbocycles. The van der Waals surface area contributed by atoms with Crippen molar-refractivity contribution in [2.75, 3.05) is 7.11 Å². The maximum absolute atomic E-state index is 12.5. The minimum absolute atomic E-state index is 0.220. The van der Waals surface area contributed by atoms with E-state index < -0.39 is 6.43 Å². The van der Waals surface area contributed by atoms with Gasteiger partial charge in [-0.2, -0.15) is 0 Å². The zero-order valence-electron chi connectivity index (χ0n) is 7.13. The number of alkyl halides is 2. The van der Waals surface area contributed by atoms with Crippen molar-refractivity contribution in [3.8, 4) is 5.75 Å². The zero-order valence-corrected chi connectivity index (χ0v) is 9.29. The van der Waals surface area contributed by atoms with Crippen molar-refractivity contribution in [2.24, 2.45) is 0 Å². The molecule has 0 saturated heterocycles. The van der Waals surface area contributed by atoms with Gasteiger partial charge in [-0.1, -0.05) is 0 Å². The molecule has 0 N–H and O–H groups in total. The third-order valence-corrected chi connectivity index (χ3v) is 2.71. The lowest BCUT2D eigenvalue weighted by atomic mass is 10.2. The molecule has 1 heterocycles. The van der Waals surface area contributed by atoms with Gasteiger partial charge in [-0.25, -0.2) is 13.8 Å². The van der Waals surface area contributed by atoms with Gasteiger partial charge in [0.1, 0.15) is 5.69 Å². The molecule has 1 aromatic rings. The minimum atomic E-state index is -2.73. The molecule has 0 aliphatic heterocycles. The van der Waals surface area contributed by atoms with Gasteiger partial charge in [0.25, 0.3) is 6.43 Å². The molecule has 3 nitrogen and oxygen atoms in total. The Morgan fingerprint density at radius 2 is 2.29 bits per heavy atom. The van der Waals surface area contributed by atoms with Gasteiger partial charge < -0.3 is 4.74 Å². The van der Waals surface area contributed by atoms with Crippen molar-refractivity contribution in [1.29, 1.82) is 0 Å². The maximum Gasteiger partial charge on any atom is 0.267 e. The second-order valence-corrected chi connectivity index (χ2v) is 3.44. The number of hydrogen-bond donors (Lipinski definition) is 0. The van der Waals surface area contributed by atoms with Crippen LogP contribution in [0.15, 0.2) is 6.20 Å². The van der Waals surface area contributed by atoms with Gasteiger partial charge in [-0.15, -0.1) is 0 Å². The predicted octanol–water partition coefficient (Wildman–Crippen LogP) is 2.44. The summed E-state index contributed by atoms with van der Waals surface area (Å²) in [7, 11) is 1.36. The molecule has 0 bridgehead atoms. The maximum atomic E-state index is 12.5. The highest BCUT2D eigenvalue weighted by atomic mass is 127. The molecular formula is C8H6F2INO2. The van der Waals surface area contributed by atoms with Gasteiger partial charge in [0.2, 0.25) is 0 Å². The Hall–Kier alpha value is -0.790. The number of pyridine rings is 1. The third-order valence-electron chi connectivity index (χ3n) is 1.60. The van der Waals surface area contributed by atoms with E-state index >= 15 is 0 Å². The number of aromatic nitrogens is 1. The number of halogens is 3. The van der Waals surface area contributed by atoms with Crippen molar-refractivity contribution in [1.82, 2.24) is 4.98 Å². The Kier molecular flexibility index (Phi) is 3.73. The molecule has 0 unspecified atom stereocenters. The number of methoxy groups -OCH3 is 1. The Morgan fingerprint density at radius 1 is 1.64 bits per heavy atom. The summed E-state index contributed by atoms with van der Waals surface area (Å²) in [6.07, 6.45) is -1.18. The summed E-state index contributed by atoms with van der Waals surface area (Å²) >= 11 is 1.70. The van der Waals surface area contributed by atoms with Crippen LogP contribution in [0.4, 0.5) is 8.78 Å². The van der Waals surface area contributed by atoms with Crippen LogP contribution in [0.25, 0.3) is 0 Å². The fourth-order valence-electron chi connectivity index (χ4n) is 0.943. The normalized spacial score (nSPS) is 10.4. The van der Waals surface area contributed by atoms with E-state index in [1.54, 1.807) is 22.6 Å². The highest BCUT2D eigenvalue weighted by molar-refractivity contribution is 14.1. The minimum Gasteiger partial charge on any atom is -0.494 e. The summed E-state index contributed by atoms with van der Waals surface area (Å²) in [6.45, 7) is 0. The Bertz CT molecular complexity index is 357. The van der Waals surface area contributed by atoms with Crippen LogP contribution in [-0.4, -0.2) is 18.4 Å². The second kappa shape index (κ2) is 4.63. The predicted molar refractivity (Wildman–Crippen MR) is 53.9 cm³/mol. The Balaban J connectivity index is 3.38. The smallest absolute Gasteiger partial charge is 0.267 e. The van der Waals surface area contributed by atoms with Crippen LogP contribution >= 0.6 is 22.6 Å². The number of nitrogens with zero attached hydrogens (tertiary/aromatic N) is 1. The van der Waals surface area contributed by atoms with E-state index in [9.17, 15) is 13.6 Å². The SMILES string of the molecule is COc1cnc(C=O)c(C(F)F)c1I. The van der Waals surface area contributed by atoms with Crippen LogP contribution in [-0.2, 0) is 0 Å².